The van der Waals surface area contributed by atoms with E-state index in [4.69, 9.17) is 50.8 Å². The maximum atomic E-state index is 12.8. The predicted molar refractivity (Wildman–Crippen MR) is 482 cm³/mol. The van der Waals surface area contributed by atoms with Crippen LogP contribution in [-0.4, -0.2) is 306 Å². The fourth-order valence-electron chi connectivity index (χ4n) is 17.0. The molecule has 119 heavy (non-hydrogen) atoms. The van der Waals surface area contributed by atoms with Gasteiger partial charge in [-0.1, -0.05) is 82.6 Å². The number of amides is 2. The van der Waals surface area contributed by atoms with E-state index in [1.807, 2.05) is 51.3 Å². The SMILES string of the molecule is C=P(O)(OCC1CC(OC(C)C)CN1C(C)C)OC1CC(CC)N(C(C)C)C1.CC(C)CCC(=O)N1C[C@H](OC(C)C)C[C@H]1COC(C)C.CC(C)CCCC(=O)CC1CC(COC(C)C)N(C(=O)CCNC(C)C)C1.CC(C)NC1CC(COP(=O)(O)OCC(COP(=O)(O)OCC2CC(NC(C)C)CN2C(C)C)OC(C)C)N(C(C)C)C1. The van der Waals surface area contributed by atoms with E-state index < -0.39 is 29.3 Å². The van der Waals surface area contributed by atoms with Crippen molar-refractivity contribution in [2.75, 3.05) is 92.1 Å². The Bertz CT molecular complexity index is 2870. The van der Waals surface area contributed by atoms with Crippen LogP contribution in [0, 0.1) is 17.8 Å². The molecule has 13 unspecified atom stereocenters. The molecule has 2 amide bonds. The van der Waals surface area contributed by atoms with Crippen molar-refractivity contribution < 1.29 is 89.0 Å². The normalized spacial score (nSPS) is 26.2. The molecule has 0 aromatic carbocycles. The zero-order chi connectivity index (χ0) is 90.0. The van der Waals surface area contributed by atoms with Gasteiger partial charge < -0.3 is 73.2 Å². The largest absolute Gasteiger partial charge is 0.472 e. The summed E-state index contributed by atoms with van der Waals surface area (Å²) in [6.07, 6.45) is 15.6. The van der Waals surface area contributed by atoms with Gasteiger partial charge in [0.05, 0.1) is 107 Å². The molecule has 0 aromatic rings. The fraction of sp³-hybridized carbons (Fsp3) is 0.955. The van der Waals surface area contributed by atoms with Gasteiger partial charge in [0, 0.05) is 150 Å². The molecule has 6 N–H and O–H groups in total. The van der Waals surface area contributed by atoms with Crippen molar-refractivity contribution in [3.8, 4) is 0 Å². The number of phosphoric ester groups is 2. The highest BCUT2D eigenvalue weighted by molar-refractivity contribution is 7.58. The van der Waals surface area contributed by atoms with Crippen LogP contribution in [0.15, 0.2) is 0 Å². The molecule has 704 valence electrons. The molecule has 6 saturated heterocycles. The minimum absolute atomic E-state index is 0.00927. The molecule has 0 saturated carbocycles. The molecule has 15 atom stereocenters. The number of ether oxygens (including phenoxy) is 5. The number of carbonyl (C=O) groups is 3. The number of ketones is 1. The number of hydrogen-bond donors (Lipinski definition) is 6. The molecular formula is C88H178N9O19P3. The monoisotopic (exact) mass is 1760 g/mol. The summed E-state index contributed by atoms with van der Waals surface area (Å²) in [4.78, 5) is 82.4. The number of rotatable bonds is 51. The van der Waals surface area contributed by atoms with Gasteiger partial charge in [0.15, 0.2) is 0 Å². The third-order valence-electron chi connectivity index (χ3n) is 22.2. The molecule has 0 spiro atoms. The number of hydrogen-bond acceptors (Lipinski definition) is 24. The second-order valence-electron chi connectivity index (χ2n) is 38.7. The minimum atomic E-state index is -4.43. The number of Topliss-reactive ketones (excluding diaryl/α,β-unsaturated/α-hetero) is 1. The summed E-state index contributed by atoms with van der Waals surface area (Å²) < 4.78 is 87.9. The van der Waals surface area contributed by atoms with Crippen LogP contribution in [-0.2, 0) is 74.3 Å². The summed E-state index contributed by atoms with van der Waals surface area (Å²) in [5.74, 6) is 2.25. The summed E-state index contributed by atoms with van der Waals surface area (Å²) >= 11 is 0. The highest BCUT2D eigenvalue weighted by atomic mass is 31.2. The first kappa shape index (κ1) is 112. The van der Waals surface area contributed by atoms with Crippen molar-refractivity contribution in [2.24, 2.45) is 17.8 Å². The van der Waals surface area contributed by atoms with Crippen LogP contribution in [0.25, 0.3) is 0 Å². The van der Waals surface area contributed by atoms with Gasteiger partial charge in [-0.15, -0.1) is 0 Å². The summed E-state index contributed by atoms with van der Waals surface area (Å²) in [6.45, 7) is 67.0. The fourth-order valence-corrected chi connectivity index (χ4v) is 19.6. The Labute approximate surface area is 723 Å². The van der Waals surface area contributed by atoms with Crippen molar-refractivity contribution in [1.29, 1.82) is 0 Å². The Balaban J connectivity index is 0.000000425. The van der Waals surface area contributed by atoms with Crippen LogP contribution in [0.2, 0.25) is 0 Å². The van der Waals surface area contributed by atoms with Gasteiger partial charge in [0.2, 0.25) is 19.4 Å². The Morgan fingerprint density at radius 2 is 0.840 bits per heavy atom. The molecule has 0 aliphatic carbocycles. The van der Waals surface area contributed by atoms with Gasteiger partial charge >= 0.3 is 15.6 Å². The first-order valence-electron chi connectivity index (χ1n) is 46.0. The average molecular weight is 1760 g/mol. The van der Waals surface area contributed by atoms with Crippen LogP contribution in [0.4, 0.5) is 0 Å². The van der Waals surface area contributed by atoms with E-state index in [2.05, 4.69) is 187 Å². The molecule has 6 heterocycles. The van der Waals surface area contributed by atoms with Crippen molar-refractivity contribution >= 4 is 47.1 Å². The smallest absolute Gasteiger partial charge is 0.377 e. The van der Waals surface area contributed by atoms with E-state index in [-0.39, 0.29) is 147 Å². The van der Waals surface area contributed by atoms with E-state index in [0.717, 1.165) is 90.4 Å². The molecule has 28 nitrogen and oxygen atoms in total. The lowest BCUT2D eigenvalue weighted by atomic mass is 9.96. The quantitative estimate of drug-likeness (QED) is 0.0308. The number of likely N-dealkylation sites (tertiary alicyclic amines) is 6. The summed E-state index contributed by atoms with van der Waals surface area (Å²) in [5.41, 5.74) is 0. The Kier molecular flexibility index (Phi) is 52.6. The van der Waals surface area contributed by atoms with Crippen LogP contribution in [0.1, 0.15) is 291 Å². The van der Waals surface area contributed by atoms with Gasteiger partial charge in [-0.25, -0.2) is 9.13 Å². The van der Waals surface area contributed by atoms with Gasteiger partial charge in [0.1, 0.15) is 11.9 Å². The number of carbonyl (C=O) groups excluding carboxylic acids is 3. The van der Waals surface area contributed by atoms with Gasteiger partial charge in [0.25, 0.3) is 0 Å². The molecule has 0 aromatic heterocycles. The van der Waals surface area contributed by atoms with E-state index in [1.165, 1.54) is 0 Å². The Morgan fingerprint density at radius 1 is 0.429 bits per heavy atom. The molecule has 6 aliphatic heterocycles. The maximum absolute atomic E-state index is 12.8. The van der Waals surface area contributed by atoms with Crippen LogP contribution in [0.3, 0.4) is 0 Å². The molecular weight excluding hydrogens is 1580 g/mol. The molecule has 6 aliphatic rings. The summed E-state index contributed by atoms with van der Waals surface area (Å²) in [5, 5.41) is 10.4. The molecule has 0 bridgehead atoms. The van der Waals surface area contributed by atoms with Crippen molar-refractivity contribution in [3.63, 3.8) is 0 Å². The zero-order valence-electron chi connectivity index (χ0n) is 80.0. The van der Waals surface area contributed by atoms with Crippen molar-refractivity contribution in [2.45, 2.75) is 436 Å². The lowest BCUT2D eigenvalue weighted by molar-refractivity contribution is -0.134. The maximum Gasteiger partial charge on any atom is 0.472 e. The third-order valence-corrected chi connectivity index (χ3v) is 25.3. The van der Waals surface area contributed by atoms with E-state index >= 15 is 0 Å². The second-order valence-corrected chi connectivity index (χ2v) is 43.3. The van der Waals surface area contributed by atoms with Crippen molar-refractivity contribution in [1.82, 2.24) is 45.3 Å². The molecule has 6 rings (SSSR count). The number of nitrogens with one attached hydrogen (secondary N) is 3. The highest BCUT2D eigenvalue weighted by Crippen LogP contribution is 2.49. The predicted octanol–water partition coefficient (Wildman–Crippen LogP) is 14.5. The van der Waals surface area contributed by atoms with Gasteiger partial charge in [-0.2, -0.15) is 0 Å². The topological polar surface area (TPSA) is 303 Å². The van der Waals surface area contributed by atoms with E-state index in [0.29, 0.717) is 119 Å². The molecule has 6 fully saturated rings. The second kappa shape index (κ2) is 56.1. The molecule has 31 heteroatoms. The summed E-state index contributed by atoms with van der Waals surface area (Å²) in [7, 11) is -11.9. The van der Waals surface area contributed by atoms with E-state index in [1.54, 1.807) is 13.8 Å². The lowest BCUT2D eigenvalue weighted by Gasteiger charge is -2.30. The highest BCUT2D eigenvalue weighted by Gasteiger charge is 2.43. The first-order chi connectivity index (χ1) is 55.4. The lowest BCUT2D eigenvalue weighted by Crippen LogP contribution is -2.40. The average Bonchev–Trinajstić information content (AvgIpc) is 1.72. The summed E-state index contributed by atoms with van der Waals surface area (Å²) in [6, 6.07) is 3.91. The zero-order valence-corrected chi connectivity index (χ0v) is 82.7. The van der Waals surface area contributed by atoms with Gasteiger partial charge in [-0.3, -0.25) is 52.1 Å². The van der Waals surface area contributed by atoms with Crippen LogP contribution >= 0.6 is 23.2 Å². The first-order valence-corrected chi connectivity index (χ1v) is 50.7. The minimum Gasteiger partial charge on any atom is -0.377 e. The number of phosphoric acid groups is 2. The van der Waals surface area contributed by atoms with Gasteiger partial charge in [-0.05, 0) is 206 Å². The Morgan fingerprint density at radius 3 is 1.27 bits per heavy atom. The standard InChI is InChI=1S/C28H60N4O9P2.C22H42N2O3.C21H43N2O4P.C17H33NO3/c1-19(2)29-24-11-26(31(13-24)21(5)6)15-37-42(33,34)39-17-28(41-23(9)10)18-40-43(35,36)38-16-27-12-25(30-20(3)4)14-32(27)22(7)8;1-16(2)8-7-9-21(25)13-19-12-20(15-27-18(5)6)24(14-19)22(26)10-11-23-17(3)4;1-9-18-10-21(13-22(18)15(2)3)27-28(8,24)25-14-19-11-20(26-17(6)7)12-23(19)16(4)5;1-12(2)7-8-17(19)18-10-16(21-14(5)6)9-15(18)11-20-13(3)4/h19-30H,11-18H2,1-10H3,(H,33,34)(H,35,36);16-20,23H,7-15H2,1-6H3;15-21,24H,8-14H2,1-7H3;12-16H,7-11H2,1-6H3/t;;;15-,16+/m...0/s1. The third kappa shape index (κ3) is 45.9. The molecule has 0 radical (unpaired) electrons. The van der Waals surface area contributed by atoms with E-state index in [9.17, 15) is 38.2 Å². The van der Waals surface area contributed by atoms with Crippen LogP contribution in [0.5, 0.6) is 0 Å². The Hall–Kier alpha value is -1.47. The number of nitrogens with zero attached hydrogens (tertiary/aromatic N) is 6. The van der Waals surface area contributed by atoms with Crippen molar-refractivity contribution in [3.05, 3.63) is 0 Å². The van der Waals surface area contributed by atoms with Crippen LogP contribution < -0.4 is 16.0 Å².